The van der Waals surface area contributed by atoms with Crippen molar-refractivity contribution in [2.75, 3.05) is 0 Å². The second kappa shape index (κ2) is 2.85. The van der Waals surface area contributed by atoms with Crippen molar-refractivity contribution in [2.24, 2.45) is 5.92 Å². The third kappa shape index (κ3) is 1.70. The summed E-state index contributed by atoms with van der Waals surface area (Å²) in [6.45, 7) is 3.95. The number of carbonyl (C=O) groups excluding carboxylic acids is 1. The van der Waals surface area contributed by atoms with Gasteiger partial charge in [0.2, 0.25) is 0 Å². The van der Waals surface area contributed by atoms with Crippen molar-refractivity contribution in [2.45, 2.75) is 33.8 Å². The molecule has 2 atom stereocenters. The van der Waals surface area contributed by atoms with Crippen molar-refractivity contribution < 1.29 is 9.53 Å². The zero-order chi connectivity index (χ0) is 6.15. The van der Waals surface area contributed by atoms with Gasteiger partial charge in [-0.15, -0.1) is 0 Å². The first-order valence-corrected chi connectivity index (χ1v) is 2.89. The molecule has 0 aromatic carbocycles. The number of rotatable bonds is 0. The fourth-order valence-corrected chi connectivity index (χ4v) is 0.800. The van der Waals surface area contributed by atoms with Gasteiger partial charge in [0.25, 0.3) is 0 Å². The minimum Gasteiger partial charge on any atom is -0.462 e. The maximum atomic E-state index is 10.4. The van der Waals surface area contributed by atoms with Gasteiger partial charge in [-0.3, -0.25) is 4.79 Å². The Morgan fingerprint density at radius 1 is 1.56 bits per heavy atom. The molecule has 1 aliphatic heterocycles. The van der Waals surface area contributed by atoms with Gasteiger partial charge in [-0.05, 0) is 6.92 Å². The average Bonchev–Trinajstić information content (AvgIpc) is 1.85. The van der Waals surface area contributed by atoms with Gasteiger partial charge in [0.05, 0.1) is 6.42 Å². The van der Waals surface area contributed by atoms with Crippen molar-refractivity contribution >= 4 is 5.97 Å². The maximum absolute atomic E-state index is 10.4. The van der Waals surface area contributed by atoms with Crippen LogP contribution < -0.4 is 0 Å². The van der Waals surface area contributed by atoms with E-state index in [4.69, 9.17) is 4.74 Å². The topological polar surface area (TPSA) is 26.3 Å². The fraction of sp³-hybridized carbons (Fsp3) is 0.857. The Labute approximate surface area is 56.2 Å². The predicted octanol–water partition coefficient (Wildman–Crippen LogP) is 1.59. The van der Waals surface area contributed by atoms with Crippen molar-refractivity contribution in [3.63, 3.8) is 0 Å². The molecule has 0 aromatic rings. The number of hydrogen-bond acceptors (Lipinski definition) is 2. The summed E-state index contributed by atoms with van der Waals surface area (Å²) >= 11 is 0. The molecule has 2 unspecified atom stereocenters. The van der Waals surface area contributed by atoms with Gasteiger partial charge in [0.15, 0.2) is 0 Å². The molecule has 54 valence electrons. The molecule has 0 spiro atoms. The Morgan fingerprint density at radius 2 is 2.11 bits per heavy atom. The highest BCUT2D eigenvalue weighted by Crippen LogP contribution is 2.19. The monoisotopic (exact) mass is 130 g/mol. The maximum Gasteiger partial charge on any atom is 0.306 e. The molecule has 1 aliphatic rings. The number of esters is 1. The lowest BCUT2D eigenvalue weighted by atomic mass is 10.1. The number of ether oxygens (including phenoxy) is 1. The lowest BCUT2D eigenvalue weighted by molar-refractivity contribution is -0.140. The van der Waals surface area contributed by atoms with Gasteiger partial charge >= 0.3 is 5.97 Å². The van der Waals surface area contributed by atoms with Crippen LogP contribution in [-0.2, 0) is 9.53 Å². The van der Waals surface area contributed by atoms with Crippen LogP contribution in [0.2, 0.25) is 0 Å². The first kappa shape index (κ1) is 8.47. The number of carbonyl (C=O) groups is 1. The standard InChI is InChI=1S/C6H10O2.CH4/c1-4-3-6(7)8-5(4)2;/h4-5H,3H2,1-2H3;1H4. The molecule has 0 N–H and O–H groups in total. The summed E-state index contributed by atoms with van der Waals surface area (Å²) in [5.74, 6) is 0.368. The minimum atomic E-state index is -0.0509. The van der Waals surface area contributed by atoms with Crippen LogP contribution in [0.1, 0.15) is 27.7 Å². The van der Waals surface area contributed by atoms with E-state index in [9.17, 15) is 4.79 Å². The average molecular weight is 130 g/mol. The van der Waals surface area contributed by atoms with Crippen molar-refractivity contribution in [1.29, 1.82) is 0 Å². The van der Waals surface area contributed by atoms with Gasteiger partial charge in [-0.2, -0.15) is 0 Å². The highest BCUT2D eigenvalue weighted by atomic mass is 16.5. The summed E-state index contributed by atoms with van der Waals surface area (Å²) in [6, 6.07) is 0. The van der Waals surface area contributed by atoms with Gasteiger partial charge in [0, 0.05) is 5.92 Å². The Kier molecular flexibility index (Phi) is 2.68. The van der Waals surface area contributed by atoms with Crippen LogP contribution in [0.4, 0.5) is 0 Å². The highest BCUT2D eigenvalue weighted by Gasteiger charge is 2.26. The van der Waals surface area contributed by atoms with E-state index >= 15 is 0 Å². The molecule has 2 nitrogen and oxygen atoms in total. The third-order valence-electron chi connectivity index (χ3n) is 1.61. The van der Waals surface area contributed by atoms with Crippen LogP contribution in [0.3, 0.4) is 0 Å². The van der Waals surface area contributed by atoms with Gasteiger partial charge in [-0.1, -0.05) is 14.4 Å². The summed E-state index contributed by atoms with van der Waals surface area (Å²) < 4.78 is 4.83. The van der Waals surface area contributed by atoms with E-state index in [-0.39, 0.29) is 19.5 Å². The highest BCUT2D eigenvalue weighted by molar-refractivity contribution is 5.71. The molecule has 1 heterocycles. The molecule has 1 fully saturated rings. The normalized spacial score (nSPS) is 33.3. The Morgan fingerprint density at radius 3 is 2.22 bits per heavy atom. The summed E-state index contributed by atoms with van der Waals surface area (Å²) in [5, 5.41) is 0. The van der Waals surface area contributed by atoms with Crippen LogP contribution in [0.25, 0.3) is 0 Å². The molecule has 2 heteroatoms. The van der Waals surface area contributed by atoms with Gasteiger partial charge in [-0.25, -0.2) is 0 Å². The van der Waals surface area contributed by atoms with E-state index in [1.165, 1.54) is 0 Å². The minimum absolute atomic E-state index is 0. The van der Waals surface area contributed by atoms with E-state index < -0.39 is 0 Å². The molecular formula is C7H14O2. The first-order chi connectivity index (χ1) is 3.70. The Bertz CT molecular complexity index is 97.5. The second-order valence-electron chi connectivity index (χ2n) is 2.38. The Hall–Kier alpha value is -0.530. The Balaban J connectivity index is 0.000000640. The number of cyclic esters (lactones) is 1. The SMILES string of the molecule is C.CC1CC(=O)OC1C. The van der Waals surface area contributed by atoms with Crippen molar-refractivity contribution in [1.82, 2.24) is 0 Å². The van der Waals surface area contributed by atoms with Crippen LogP contribution in [-0.4, -0.2) is 12.1 Å². The van der Waals surface area contributed by atoms with E-state index in [0.29, 0.717) is 12.3 Å². The van der Waals surface area contributed by atoms with Crippen molar-refractivity contribution in [3.8, 4) is 0 Å². The van der Waals surface area contributed by atoms with Crippen molar-refractivity contribution in [3.05, 3.63) is 0 Å². The summed E-state index contributed by atoms with van der Waals surface area (Å²) in [4.78, 5) is 10.4. The van der Waals surface area contributed by atoms with Gasteiger partial charge < -0.3 is 4.74 Å². The molecular weight excluding hydrogens is 116 g/mol. The molecule has 1 rings (SSSR count). The van der Waals surface area contributed by atoms with Crippen LogP contribution in [0.15, 0.2) is 0 Å². The predicted molar refractivity (Wildman–Crippen MR) is 36.1 cm³/mol. The third-order valence-corrected chi connectivity index (χ3v) is 1.61. The fourth-order valence-electron chi connectivity index (χ4n) is 0.800. The molecule has 0 amide bonds. The quantitative estimate of drug-likeness (QED) is 0.465. The summed E-state index contributed by atoms with van der Waals surface area (Å²) in [6.07, 6.45) is 0.740. The molecule has 0 radical (unpaired) electrons. The van der Waals surface area contributed by atoms with Crippen LogP contribution in [0, 0.1) is 5.92 Å². The zero-order valence-electron chi connectivity index (χ0n) is 5.18. The van der Waals surface area contributed by atoms with Gasteiger partial charge in [0.1, 0.15) is 6.10 Å². The first-order valence-electron chi connectivity index (χ1n) is 2.89. The van der Waals surface area contributed by atoms with E-state index in [2.05, 4.69) is 0 Å². The summed E-state index contributed by atoms with van der Waals surface area (Å²) in [7, 11) is 0. The van der Waals surface area contributed by atoms with E-state index in [0.717, 1.165) is 0 Å². The van der Waals surface area contributed by atoms with E-state index in [1.54, 1.807) is 0 Å². The molecule has 0 saturated carbocycles. The summed E-state index contributed by atoms with van der Waals surface area (Å²) in [5.41, 5.74) is 0. The molecule has 0 bridgehead atoms. The smallest absolute Gasteiger partial charge is 0.306 e. The second-order valence-corrected chi connectivity index (χ2v) is 2.38. The number of hydrogen-bond donors (Lipinski definition) is 0. The molecule has 0 aromatic heterocycles. The van der Waals surface area contributed by atoms with E-state index in [1.807, 2.05) is 13.8 Å². The molecule has 0 aliphatic carbocycles. The largest absolute Gasteiger partial charge is 0.462 e. The zero-order valence-corrected chi connectivity index (χ0v) is 5.18. The van der Waals surface area contributed by atoms with Crippen LogP contribution >= 0.6 is 0 Å². The molecule has 9 heavy (non-hydrogen) atoms. The molecule has 1 saturated heterocycles. The lowest BCUT2D eigenvalue weighted by Crippen LogP contribution is -2.06. The lowest BCUT2D eigenvalue weighted by Gasteiger charge is -2.03. The van der Waals surface area contributed by atoms with Crippen LogP contribution in [0.5, 0.6) is 0 Å².